The van der Waals surface area contributed by atoms with Gasteiger partial charge in [-0.25, -0.2) is 0 Å². The highest BCUT2D eigenvalue weighted by molar-refractivity contribution is 7.99. The smallest absolute Gasteiger partial charge is 0.277 e. The first kappa shape index (κ1) is 20.8. The Kier molecular flexibility index (Phi) is 7.58. The van der Waals surface area contributed by atoms with Gasteiger partial charge >= 0.3 is 0 Å². The number of unbranched alkanes of at least 4 members (excludes halogenated alkanes) is 2. The van der Waals surface area contributed by atoms with Crippen molar-refractivity contribution in [1.29, 1.82) is 0 Å². The number of hydrogen-bond acceptors (Lipinski definition) is 6. The zero-order valence-electron chi connectivity index (χ0n) is 16.3. The molecule has 0 aliphatic carbocycles. The number of carbonyl (C=O) groups excluding carboxylic acids is 2. The summed E-state index contributed by atoms with van der Waals surface area (Å²) < 4.78 is 5.60. The fourth-order valence-electron chi connectivity index (χ4n) is 2.67. The van der Waals surface area contributed by atoms with Crippen LogP contribution in [0.3, 0.4) is 0 Å². The SMILES string of the molecule is CCCCCC(=O)Nc1ccc(C(=O)CSc2nnc(-c3ccccc3)o2)cc1. The molecule has 0 spiro atoms. The molecule has 29 heavy (non-hydrogen) atoms. The molecule has 0 bridgehead atoms. The molecule has 1 N–H and O–H groups in total. The monoisotopic (exact) mass is 409 g/mol. The first-order valence-electron chi connectivity index (χ1n) is 9.60. The van der Waals surface area contributed by atoms with Gasteiger partial charge in [-0.15, -0.1) is 10.2 Å². The second kappa shape index (κ2) is 10.6. The van der Waals surface area contributed by atoms with E-state index in [0.717, 1.165) is 24.8 Å². The number of nitrogens with one attached hydrogen (secondary N) is 1. The van der Waals surface area contributed by atoms with Gasteiger partial charge in [0.05, 0.1) is 5.75 Å². The van der Waals surface area contributed by atoms with Crippen molar-refractivity contribution in [2.45, 2.75) is 37.8 Å². The van der Waals surface area contributed by atoms with Gasteiger partial charge < -0.3 is 9.73 Å². The third kappa shape index (κ3) is 6.29. The molecule has 1 heterocycles. The molecule has 2 aromatic carbocycles. The summed E-state index contributed by atoms with van der Waals surface area (Å²) >= 11 is 1.21. The van der Waals surface area contributed by atoms with Gasteiger partial charge in [-0.1, -0.05) is 49.7 Å². The number of amides is 1. The number of rotatable bonds is 10. The zero-order chi connectivity index (χ0) is 20.5. The van der Waals surface area contributed by atoms with Crippen LogP contribution in [-0.2, 0) is 4.79 Å². The number of aromatic nitrogens is 2. The third-order valence-corrected chi connectivity index (χ3v) is 5.07. The van der Waals surface area contributed by atoms with E-state index in [4.69, 9.17) is 4.42 Å². The van der Waals surface area contributed by atoms with Crippen molar-refractivity contribution in [3.05, 3.63) is 60.2 Å². The van der Waals surface area contributed by atoms with Crippen molar-refractivity contribution in [3.8, 4) is 11.5 Å². The summed E-state index contributed by atoms with van der Waals surface area (Å²) in [4.78, 5) is 24.3. The predicted molar refractivity (Wildman–Crippen MR) is 114 cm³/mol. The molecule has 0 aliphatic heterocycles. The number of carbonyl (C=O) groups is 2. The lowest BCUT2D eigenvalue weighted by Gasteiger charge is -2.06. The van der Waals surface area contributed by atoms with Crippen LogP contribution in [0.1, 0.15) is 43.0 Å². The van der Waals surface area contributed by atoms with Gasteiger partial charge in [0.25, 0.3) is 5.22 Å². The normalized spacial score (nSPS) is 10.7. The highest BCUT2D eigenvalue weighted by atomic mass is 32.2. The summed E-state index contributed by atoms with van der Waals surface area (Å²) in [5.41, 5.74) is 2.11. The molecule has 0 unspecified atom stereocenters. The summed E-state index contributed by atoms with van der Waals surface area (Å²) in [6, 6.07) is 16.4. The average Bonchev–Trinajstić information content (AvgIpc) is 3.22. The molecule has 0 radical (unpaired) electrons. The lowest BCUT2D eigenvalue weighted by molar-refractivity contribution is -0.116. The zero-order valence-corrected chi connectivity index (χ0v) is 17.1. The Balaban J connectivity index is 1.50. The molecule has 7 heteroatoms. The van der Waals surface area contributed by atoms with E-state index in [-0.39, 0.29) is 17.4 Å². The van der Waals surface area contributed by atoms with Crippen molar-refractivity contribution >= 4 is 29.1 Å². The Hall–Kier alpha value is -2.93. The van der Waals surface area contributed by atoms with Gasteiger partial charge in [0, 0.05) is 23.2 Å². The largest absolute Gasteiger partial charge is 0.411 e. The fraction of sp³-hybridized carbons (Fsp3) is 0.273. The first-order chi connectivity index (χ1) is 14.2. The minimum Gasteiger partial charge on any atom is -0.411 e. The van der Waals surface area contributed by atoms with Gasteiger partial charge in [0.15, 0.2) is 5.78 Å². The number of ketones is 1. The minimum absolute atomic E-state index is 0.00121. The van der Waals surface area contributed by atoms with Crippen LogP contribution < -0.4 is 5.32 Å². The van der Waals surface area contributed by atoms with Gasteiger partial charge in [0.1, 0.15) is 0 Å². The van der Waals surface area contributed by atoms with Gasteiger partial charge in [0.2, 0.25) is 11.8 Å². The summed E-state index contributed by atoms with van der Waals surface area (Å²) in [7, 11) is 0. The van der Waals surface area contributed by atoms with E-state index in [9.17, 15) is 9.59 Å². The van der Waals surface area contributed by atoms with Crippen LogP contribution in [0.2, 0.25) is 0 Å². The van der Waals surface area contributed by atoms with Crippen molar-refractivity contribution in [2.24, 2.45) is 0 Å². The Morgan fingerprint density at radius 1 is 1.00 bits per heavy atom. The van der Waals surface area contributed by atoms with Crippen molar-refractivity contribution < 1.29 is 14.0 Å². The molecule has 3 rings (SSSR count). The summed E-state index contributed by atoms with van der Waals surface area (Å²) in [5.74, 6) is 0.577. The number of nitrogens with zero attached hydrogens (tertiary/aromatic N) is 2. The molecule has 6 nitrogen and oxygen atoms in total. The maximum atomic E-state index is 12.4. The van der Waals surface area contributed by atoms with Crippen molar-refractivity contribution in [2.75, 3.05) is 11.1 Å². The number of benzene rings is 2. The summed E-state index contributed by atoms with van der Waals surface area (Å²) in [5, 5.41) is 11.2. The van der Waals surface area contributed by atoms with Gasteiger partial charge in [-0.05, 0) is 42.8 Å². The number of Topliss-reactive ketones (excluding diaryl/α,β-unsaturated/α-hetero) is 1. The maximum Gasteiger partial charge on any atom is 0.277 e. The Labute approximate surface area is 174 Å². The fourth-order valence-corrected chi connectivity index (χ4v) is 3.33. The molecule has 150 valence electrons. The lowest BCUT2D eigenvalue weighted by Crippen LogP contribution is -2.11. The average molecular weight is 410 g/mol. The van der Waals surface area contributed by atoms with Crippen molar-refractivity contribution in [1.82, 2.24) is 10.2 Å². The van der Waals surface area contributed by atoms with Crippen LogP contribution in [0, 0.1) is 0 Å². The Morgan fingerprint density at radius 2 is 1.76 bits per heavy atom. The molecular formula is C22H23N3O3S. The maximum absolute atomic E-state index is 12.4. The summed E-state index contributed by atoms with van der Waals surface area (Å²) in [6.45, 7) is 2.10. The van der Waals surface area contributed by atoms with E-state index in [0.29, 0.717) is 28.8 Å². The van der Waals surface area contributed by atoms with Gasteiger partial charge in [-0.2, -0.15) is 0 Å². The van der Waals surface area contributed by atoms with Gasteiger partial charge in [-0.3, -0.25) is 9.59 Å². The topological polar surface area (TPSA) is 85.1 Å². The standard InChI is InChI=1S/C22H23N3O3S/c1-2-3-5-10-20(27)23-18-13-11-16(12-14-18)19(26)15-29-22-25-24-21(28-22)17-8-6-4-7-9-17/h4,6-9,11-14H,2-3,5,10,15H2,1H3,(H,23,27). The second-order valence-corrected chi connectivity index (χ2v) is 7.46. The highest BCUT2D eigenvalue weighted by Crippen LogP contribution is 2.23. The van der Waals surface area contributed by atoms with Crippen LogP contribution in [0.15, 0.2) is 64.2 Å². The molecule has 0 saturated heterocycles. The summed E-state index contributed by atoms with van der Waals surface area (Å²) in [6.07, 6.45) is 3.53. The molecular weight excluding hydrogens is 386 g/mol. The second-order valence-electron chi connectivity index (χ2n) is 6.53. The molecule has 3 aromatic rings. The van der Waals surface area contributed by atoms with Crippen LogP contribution in [0.5, 0.6) is 0 Å². The van der Waals surface area contributed by atoms with Crippen LogP contribution >= 0.6 is 11.8 Å². The van der Waals surface area contributed by atoms with Crippen LogP contribution in [-0.4, -0.2) is 27.6 Å². The van der Waals surface area contributed by atoms with E-state index in [1.54, 1.807) is 24.3 Å². The Bertz CT molecular complexity index is 939. The minimum atomic E-state index is -0.0460. The molecule has 0 fully saturated rings. The third-order valence-electron chi connectivity index (χ3n) is 4.25. The number of thioether (sulfide) groups is 1. The Morgan fingerprint density at radius 3 is 2.48 bits per heavy atom. The van der Waals surface area contributed by atoms with Crippen LogP contribution in [0.25, 0.3) is 11.5 Å². The highest BCUT2D eigenvalue weighted by Gasteiger charge is 2.12. The number of anilines is 1. The number of hydrogen-bond donors (Lipinski definition) is 1. The molecule has 0 atom stereocenters. The van der Waals surface area contributed by atoms with E-state index in [1.807, 2.05) is 30.3 Å². The van der Waals surface area contributed by atoms with Crippen molar-refractivity contribution in [3.63, 3.8) is 0 Å². The predicted octanol–water partition coefficient (Wildman–Crippen LogP) is 5.23. The molecule has 1 amide bonds. The van der Waals surface area contributed by atoms with E-state index < -0.39 is 0 Å². The van der Waals surface area contributed by atoms with Crippen LogP contribution in [0.4, 0.5) is 5.69 Å². The van der Waals surface area contributed by atoms with E-state index in [1.165, 1.54) is 11.8 Å². The van der Waals surface area contributed by atoms with E-state index in [2.05, 4.69) is 22.4 Å². The molecule has 0 saturated carbocycles. The lowest BCUT2D eigenvalue weighted by atomic mass is 10.1. The molecule has 0 aliphatic rings. The first-order valence-corrected chi connectivity index (χ1v) is 10.6. The molecule has 1 aromatic heterocycles. The quantitative estimate of drug-likeness (QED) is 0.280. The van der Waals surface area contributed by atoms with E-state index >= 15 is 0 Å².